The Morgan fingerprint density at radius 1 is 1.67 bits per heavy atom. The predicted octanol–water partition coefficient (Wildman–Crippen LogP) is 1.38. The van der Waals surface area contributed by atoms with Gasteiger partial charge in [-0.1, -0.05) is 6.92 Å². The third-order valence-electron chi connectivity index (χ3n) is 0.183. The molecule has 0 aliphatic carbocycles. The Labute approximate surface area is 52.5 Å². The second-order valence-electron chi connectivity index (χ2n) is 0.591. The molecule has 0 amide bonds. The van der Waals surface area contributed by atoms with Gasteiger partial charge in [0.2, 0.25) is 0 Å². The average Bonchev–Trinajstić information content (AvgIpc) is 1.37. The summed E-state index contributed by atoms with van der Waals surface area (Å²) in [6.45, 7) is 3.00. The first kappa shape index (κ1) is 16.0. The van der Waals surface area contributed by atoms with Crippen molar-refractivity contribution >= 4 is 0 Å². The van der Waals surface area contributed by atoms with Gasteiger partial charge >= 0.3 is 19.5 Å². The molecular weight excluding hydrogens is 129 g/mol. The van der Waals surface area contributed by atoms with E-state index >= 15 is 0 Å². The summed E-state index contributed by atoms with van der Waals surface area (Å²) < 4.78 is 0. The minimum Gasteiger partial charge on any atom is -0.566 e. The van der Waals surface area contributed by atoms with Gasteiger partial charge in [0.05, 0.1) is 0 Å². The van der Waals surface area contributed by atoms with Crippen molar-refractivity contribution in [2.75, 3.05) is 0 Å². The van der Waals surface area contributed by atoms with Gasteiger partial charge in [-0.2, -0.15) is 6.42 Å². The molecule has 0 heterocycles. The zero-order chi connectivity index (χ0) is 3.41. The first-order chi connectivity index (χ1) is 1.91. The molecule has 34 valence electrons. The van der Waals surface area contributed by atoms with Gasteiger partial charge in [-0.25, -0.2) is 6.61 Å². The van der Waals surface area contributed by atoms with E-state index in [1.165, 1.54) is 0 Å². The van der Waals surface area contributed by atoms with E-state index in [0.717, 1.165) is 13.0 Å². The Kier molecular flexibility index (Phi) is 46.8. The van der Waals surface area contributed by atoms with Crippen molar-refractivity contribution in [3.8, 4) is 0 Å². The molecule has 0 radical (unpaired) electrons. The molecule has 0 bridgehead atoms. The van der Waals surface area contributed by atoms with Crippen molar-refractivity contribution in [2.45, 2.75) is 13.3 Å². The normalized spacial score (nSPS) is 5.00. The van der Waals surface area contributed by atoms with Gasteiger partial charge in [0.25, 0.3) is 0 Å². The summed E-state index contributed by atoms with van der Waals surface area (Å²) in [7, 11) is 0. The van der Waals surface area contributed by atoms with Crippen LogP contribution in [0.4, 0.5) is 0 Å². The van der Waals surface area contributed by atoms with Crippen LogP contribution < -0.4 is 0 Å². The molecule has 0 unspecified atom stereocenters. The number of aliphatic hydroxyl groups is 1. The average molecular weight is 140 g/mol. The van der Waals surface area contributed by atoms with Crippen molar-refractivity contribution in [3.63, 3.8) is 0 Å². The number of hydrogen-bond acceptors (Lipinski definition) is 1. The van der Waals surface area contributed by atoms with E-state index in [1.807, 2.05) is 6.92 Å². The third-order valence-corrected chi connectivity index (χ3v) is 0.183. The van der Waals surface area contributed by atoms with Crippen LogP contribution in [-0.2, 0) is 19.5 Å². The van der Waals surface area contributed by atoms with Gasteiger partial charge in [0.15, 0.2) is 0 Å². The first-order valence-electron chi connectivity index (χ1n) is 1.37. The summed E-state index contributed by atoms with van der Waals surface area (Å²) in [5, 5.41) is 7.75. The van der Waals surface area contributed by atoms with Crippen LogP contribution in [0, 0.1) is 14.0 Å². The molecule has 0 aromatic rings. The molecular formula is C4H10OZn. The predicted molar refractivity (Wildman–Crippen MR) is 22.9 cm³/mol. The van der Waals surface area contributed by atoms with Gasteiger partial charge in [0.1, 0.15) is 0 Å². The van der Waals surface area contributed by atoms with Crippen LogP contribution >= 0.6 is 0 Å². The summed E-state index contributed by atoms with van der Waals surface area (Å²) in [5.74, 6) is 0. The molecule has 1 nitrogen and oxygen atoms in total. The summed E-state index contributed by atoms with van der Waals surface area (Å²) in [6.07, 6.45) is 0.750. The van der Waals surface area contributed by atoms with E-state index in [-0.39, 0.29) is 26.9 Å². The Morgan fingerprint density at radius 2 is 1.83 bits per heavy atom. The van der Waals surface area contributed by atoms with Crippen molar-refractivity contribution in [1.82, 2.24) is 0 Å². The Morgan fingerprint density at radius 3 is 1.83 bits per heavy atom. The number of hydrogen-bond donors (Lipinski definition) is 1. The Balaban J connectivity index is -0.0000000450. The SMILES string of the molecule is CC[CH-]O.[CH3-].[Zn+2]. The molecule has 0 fully saturated rings. The van der Waals surface area contributed by atoms with Crippen LogP contribution in [0.5, 0.6) is 0 Å². The molecule has 0 saturated carbocycles. The second kappa shape index (κ2) is 17.6. The van der Waals surface area contributed by atoms with E-state index in [9.17, 15) is 0 Å². The van der Waals surface area contributed by atoms with Crippen LogP contribution in [0.1, 0.15) is 13.3 Å². The van der Waals surface area contributed by atoms with Crippen LogP contribution in [-0.4, -0.2) is 5.11 Å². The molecule has 2 heteroatoms. The Hall–Kier alpha value is 0.583. The molecule has 0 aliphatic heterocycles. The van der Waals surface area contributed by atoms with Gasteiger partial charge in [0, 0.05) is 0 Å². The minimum atomic E-state index is 0. The number of aliphatic hydroxyl groups excluding tert-OH is 1. The van der Waals surface area contributed by atoms with Crippen LogP contribution in [0.25, 0.3) is 0 Å². The summed E-state index contributed by atoms with van der Waals surface area (Å²) in [6, 6.07) is 0. The molecule has 0 aromatic heterocycles. The molecule has 0 spiro atoms. The fourth-order valence-corrected chi connectivity index (χ4v) is 0. The van der Waals surface area contributed by atoms with Crippen molar-refractivity contribution in [1.29, 1.82) is 0 Å². The first-order valence-corrected chi connectivity index (χ1v) is 1.37. The minimum absolute atomic E-state index is 0. The van der Waals surface area contributed by atoms with E-state index in [0.29, 0.717) is 0 Å². The van der Waals surface area contributed by atoms with E-state index in [2.05, 4.69) is 0 Å². The van der Waals surface area contributed by atoms with Gasteiger partial charge in [-0.05, 0) is 0 Å². The topological polar surface area (TPSA) is 20.2 Å². The molecule has 0 aliphatic rings. The van der Waals surface area contributed by atoms with Crippen molar-refractivity contribution in [2.24, 2.45) is 0 Å². The van der Waals surface area contributed by atoms with Crippen LogP contribution in [0.2, 0.25) is 0 Å². The molecule has 0 saturated heterocycles. The van der Waals surface area contributed by atoms with Crippen LogP contribution in [0.15, 0.2) is 0 Å². The maximum atomic E-state index is 7.75. The molecule has 0 rings (SSSR count). The molecule has 1 N–H and O–H groups in total. The standard InChI is InChI=1S/C3H7O.CH3.Zn/c1-2-3-4;;/h3-4H,2H2,1H3;1H3;/q2*-1;+2. The summed E-state index contributed by atoms with van der Waals surface area (Å²) in [5.41, 5.74) is 0. The Bertz CT molecular complexity index is 9.51. The summed E-state index contributed by atoms with van der Waals surface area (Å²) >= 11 is 0. The fourth-order valence-electron chi connectivity index (χ4n) is 0. The monoisotopic (exact) mass is 138 g/mol. The zero-order valence-electron chi connectivity index (χ0n) is 4.44. The molecule has 0 atom stereocenters. The maximum Gasteiger partial charge on any atom is 2.00 e. The van der Waals surface area contributed by atoms with Crippen LogP contribution in [0.3, 0.4) is 0 Å². The van der Waals surface area contributed by atoms with E-state index in [4.69, 9.17) is 5.11 Å². The van der Waals surface area contributed by atoms with Gasteiger partial charge in [-0.15, -0.1) is 0 Å². The molecule has 6 heavy (non-hydrogen) atoms. The maximum absolute atomic E-state index is 7.75. The largest absolute Gasteiger partial charge is 2.00 e. The number of rotatable bonds is 1. The molecule has 0 aromatic carbocycles. The van der Waals surface area contributed by atoms with Gasteiger partial charge < -0.3 is 12.5 Å². The smallest absolute Gasteiger partial charge is 0.566 e. The third kappa shape index (κ3) is 23.5. The van der Waals surface area contributed by atoms with Crippen molar-refractivity contribution in [3.05, 3.63) is 14.0 Å². The van der Waals surface area contributed by atoms with E-state index in [1.54, 1.807) is 0 Å². The quantitative estimate of drug-likeness (QED) is 0.430. The second-order valence-corrected chi connectivity index (χ2v) is 0.591. The zero-order valence-corrected chi connectivity index (χ0v) is 7.41. The van der Waals surface area contributed by atoms with Crippen molar-refractivity contribution < 1.29 is 24.6 Å². The van der Waals surface area contributed by atoms with E-state index < -0.39 is 0 Å². The fraction of sp³-hybridized carbons (Fsp3) is 0.500. The summed E-state index contributed by atoms with van der Waals surface area (Å²) in [4.78, 5) is 0. The van der Waals surface area contributed by atoms with Gasteiger partial charge in [-0.3, -0.25) is 0 Å².